The molecule has 142 valence electrons. The Hall–Kier alpha value is -3.59. The third-order valence-electron chi connectivity index (χ3n) is 4.26. The zero-order chi connectivity index (χ0) is 20.1. The summed E-state index contributed by atoms with van der Waals surface area (Å²) in [6.45, 7) is 3.67. The minimum atomic E-state index is -0.784. The average Bonchev–Trinajstić information content (AvgIpc) is 2.68. The standard InChI is InChI=1S/C22H20N2O4/c1-3-5-16-11-21(25)28-20-12-18(8-9-19(16)20)27-14(2)22(26)24-17-7-4-6-15(10-17)13-23/h4,6-12,14H,3,5H2,1-2H3,(H,24,26)/t14-/m0/s1. The predicted octanol–water partition coefficient (Wildman–Crippen LogP) is 4.02. The molecule has 6 nitrogen and oxygen atoms in total. The van der Waals surface area contributed by atoms with Gasteiger partial charge >= 0.3 is 5.63 Å². The zero-order valence-electron chi connectivity index (χ0n) is 15.7. The summed E-state index contributed by atoms with van der Waals surface area (Å²) >= 11 is 0. The highest BCUT2D eigenvalue weighted by Crippen LogP contribution is 2.24. The number of nitrogens with one attached hydrogen (secondary N) is 1. The fourth-order valence-electron chi connectivity index (χ4n) is 2.93. The molecule has 0 saturated carbocycles. The molecular formula is C22H20N2O4. The van der Waals surface area contributed by atoms with Gasteiger partial charge in [-0.3, -0.25) is 4.79 Å². The number of aryl methyl sites for hydroxylation is 1. The first-order chi connectivity index (χ1) is 13.5. The summed E-state index contributed by atoms with van der Waals surface area (Å²) in [5.74, 6) is 0.0779. The molecule has 0 aliphatic carbocycles. The Labute approximate surface area is 162 Å². The molecule has 28 heavy (non-hydrogen) atoms. The number of fused-ring (bicyclic) bond motifs is 1. The Morgan fingerprint density at radius 1 is 1.25 bits per heavy atom. The summed E-state index contributed by atoms with van der Waals surface area (Å²) in [6.07, 6.45) is 0.915. The fraction of sp³-hybridized carbons (Fsp3) is 0.227. The quantitative estimate of drug-likeness (QED) is 0.656. The summed E-state index contributed by atoms with van der Waals surface area (Å²) in [5.41, 5.74) is 1.94. The first-order valence-corrected chi connectivity index (χ1v) is 9.04. The monoisotopic (exact) mass is 376 g/mol. The number of anilines is 1. The van der Waals surface area contributed by atoms with Crippen LogP contribution in [0.4, 0.5) is 5.69 Å². The second-order valence-corrected chi connectivity index (χ2v) is 6.44. The molecule has 0 fully saturated rings. The molecule has 2 aromatic carbocycles. The summed E-state index contributed by atoms with van der Waals surface area (Å²) in [5, 5.41) is 12.5. The molecule has 1 heterocycles. The van der Waals surface area contributed by atoms with E-state index in [0.717, 1.165) is 23.8 Å². The van der Waals surface area contributed by atoms with Crippen molar-refractivity contribution in [2.45, 2.75) is 32.8 Å². The van der Waals surface area contributed by atoms with E-state index in [1.807, 2.05) is 19.1 Å². The Morgan fingerprint density at radius 2 is 2.07 bits per heavy atom. The number of nitriles is 1. The van der Waals surface area contributed by atoms with Crippen LogP contribution in [-0.2, 0) is 11.2 Å². The highest BCUT2D eigenvalue weighted by Gasteiger charge is 2.16. The number of nitrogens with zero attached hydrogens (tertiary/aromatic N) is 1. The van der Waals surface area contributed by atoms with Gasteiger partial charge in [-0.15, -0.1) is 0 Å². The second-order valence-electron chi connectivity index (χ2n) is 6.44. The number of benzene rings is 2. The van der Waals surface area contributed by atoms with Gasteiger partial charge in [-0.25, -0.2) is 4.79 Å². The number of hydrogen-bond acceptors (Lipinski definition) is 5. The number of rotatable bonds is 6. The van der Waals surface area contributed by atoms with Gasteiger partial charge in [0.05, 0.1) is 11.6 Å². The summed E-state index contributed by atoms with van der Waals surface area (Å²) < 4.78 is 11.0. The van der Waals surface area contributed by atoms with Crippen molar-refractivity contribution in [2.24, 2.45) is 0 Å². The van der Waals surface area contributed by atoms with E-state index in [9.17, 15) is 9.59 Å². The minimum absolute atomic E-state index is 0.351. The molecule has 1 N–H and O–H groups in total. The van der Waals surface area contributed by atoms with Gasteiger partial charge in [-0.05, 0) is 49.2 Å². The van der Waals surface area contributed by atoms with E-state index < -0.39 is 11.7 Å². The Balaban J connectivity index is 1.76. The number of hydrogen-bond donors (Lipinski definition) is 1. The molecule has 1 atom stereocenters. The summed E-state index contributed by atoms with van der Waals surface area (Å²) in [6, 6.07) is 15.4. The van der Waals surface area contributed by atoms with Gasteiger partial charge in [-0.1, -0.05) is 19.4 Å². The number of carbonyl (C=O) groups excluding carboxylic acids is 1. The van der Waals surface area contributed by atoms with Gasteiger partial charge in [0.25, 0.3) is 5.91 Å². The smallest absolute Gasteiger partial charge is 0.336 e. The van der Waals surface area contributed by atoms with E-state index in [-0.39, 0.29) is 5.91 Å². The molecule has 0 aliphatic rings. The van der Waals surface area contributed by atoms with E-state index in [1.165, 1.54) is 6.07 Å². The highest BCUT2D eigenvalue weighted by molar-refractivity contribution is 5.94. The van der Waals surface area contributed by atoms with Crippen molar-refractivity contribution in [3.63, 3.8) is 0 Å². The number of carbonyl (C=O) groups is 1. The molecule has 3 rings (SSSR count). The van der Waals surface area contributed by atoms with E-state index >= 15 is 0 Å². The Kier molecular flexibility index (Phi) is 5.75. The molecular weight excluding hydrogens is 356 g/mol. The molecule has 6 heteroatoms. The van der Waals surface area contributed by atoms with Crippen LogP contribution >= 0.6 is 0 Å². The Bertz CT molecular complexity index is 1110. The van der Waals surface area contributed by atoms with Crippen LogP contribution in [0.1, 0.15) is 31.4 Å². The lowest BCUT2D eigenvalue weighted by Crippen LogP contribution is -2.30. The van der Waals surface area contributed by atoms with Crippen LogP contribution in [0.15, 0.2) is 57.7 Å². The van der Waals surface area contributed by atoms with Gasteiger partial charge in [0, 0.05) is 23.2 Å². The van der Waals surface area contributed by atoms with Crippen LogP contribution in [0.5, 0.6) is 5.75 Å². The van der Waals surface area contributed by atoms with Crippen molar-refractivity contribution in [3.05, 3.63) is 70.1 Å². The van der Waals surface area contributed by atoms with Crippen LogP contribution in [0, 0.1) is 11.3 Å². The van der Waals surface area contributed by atoms with Crippen LogP contribution in [-0.4, -0.2) is 12.0 Å². The number of ether oxygens (including phenoxy) is 1. The topological polar surface area (TPSA) is 92.3 Å². The minimum Gasteiger partial charge on any atom is -0.481 e. The van der Waals surface area contributed by atoms with Crippen LogP contribution < -0.4 is 15.7 Å². The molecule has 0 spiro atoms. The third kappa shape index (κ3) is 4.38. The second kappa shape index (κ2) is 8.40. The van der Waals surface area contributed by atoms with Gasteiger partial charge in [-0.2, -0.15) is 5.26 Å². The molecule has 1 aromatic heterocycles. The van der Waals surface area contributed by atoms with Crippen molar-refractivity contribution in [3.8, 4) is 11.8 Å². The van der Waals surface area contributed by atoms with E-state index in [1.54, 1.807) is 43.3 Å². The maximum atomic E-state index is 12.4. The Morgan fingerprint density at radius 3 is 2.82 bits per heavy atom. The van der Waals surface area contributed by atoms with E-state index in [2.05, 4.69) is 5.32 Å². The first kappa shape index (κ1) is 19.2. The van der Waals surface area contributed by atoms with Crippen molar-refractivity contribution in [1.29, 1.82) is 5.26 Å². The van der Waals surface area contributed by atoms with E-state index in [4.69, 9.17) is 14.4 Å². The molecule has 3 aromatic rings. The normalized spacial score (nSPS) is 11.6. The largest absolute Gasteiger partial charge is 0.481 e. The molecule has 0 saturated heterocycles. The van der Waals surface area contributed by atoms with Crippen molar-refractivity contribution in [2.75, 3.05) is 5.32 Å². The van der Waals surface area contributed by atoms with Crippen molar-refractivity contribution >= 4 is 22.6 Å². The SMILES string of the molecule is CCCc1cc(=O)oc2cc(O[C@@H](C)C(=O)Nc3cccc(C#N)c3)ccc12. The van der Waals surface area contributed by atoms with Crippen LogP contribution in [0.25, 0.3) is 11.0 Å². The zero-order valence-corrected chi connectivity index (χ0v) is 15.7. The highest BCUT2D eigenvalue weighted by atomic mass is 16.5. The molecule has 0 unspecified atom stereocenters. The fourth-order valence-corrected chi connectivity index (χ4v) is 2.93. The van der Waals surface area contributed by atoms with Gasteiger partial charge < -0.3 is 14.5 Å². The molecule has 0 radical (unpaired) electrons. The van der Waals surface area contributed by atoms with Gasteiger partial charge in [0.2, 0.25) is 0 Å². The van der Waals surface area contributed by atoms with Crippen molar-refractivity contribution < 1.29 is 13.9 Å². The maximum Gasteiger partial charge on any atom is 0.336 e. The van der Waals surface area contributed by atoms with Gasteiger partial charge in [0.1, 0.15) is 11.3 Å². The van der Waals surface area contributed by atoms with Gasteiger partial charge in [0.15, 0.2) is 6.10 Å². The first-order valence-electron chi connectivity index (χ1n) is 9.04. The van der Waals surface area contributed by atoms with Crippen LogP contribution in [0.3, 0.4) is 0 Å². The van der Waals surface area contributed by atoms with Crippen LogP contribution in [0.2, 0.25) is 0 Å². The molecule has 0 bridgehead atoms. The average molecular weight is 376 g/mol. The molecule has 1 amide bonds. The third-order valence-corrected chi connectivity index (χ3v) is 4.26. The summed E-state index contributed by atoms with van der Waals surface area (Å²) in [4.78, 5) is 24.2. The summed E-state index contributed by atoms with van der Waals surface area (Å²) in [7, 11) is 0. The predicted molar refractivity (Wildman–Crippen MR) is 106 cm³/mol. The lowest BCUT2D eigenvalue weighted by atomic mass is 10.1. The lowest BCUT2D eigenvalue weighted by molar-refractivity contribution is -0.122. The van der Waals surface area contributed by atoms with E-state index in [0.29, 0.717) is 22.6 Å². The maximum absolute atomic E-state index is 12.4. The number of amides is 1. The molecule has 0 aliphatic heterocycles. The van der Waals surface area contributed by atoms with Crippen molar-refractivity contribution in [1.82, 2.24) is 0 Å². The lowest BCUT2D eigenvalue weighted by Gasteiger charge is -2.15.